The highest BCUT2D eigenvalue weighted by Crippen LogP contribution is 2.44. The van der Waals surface area contributed by atoms with Gasteiger partial charge < -0.3 is 5.32 Å². The van der Waals surface area contributed by atoms with Crippen LogP contribution < -0.4 is 5.32 Å². The number of rotatable bonds is 6. The molecule has 2 aromatic carbocycles. The van der Waals surface area contributed by atoms with Gasteiger partial charge in [-0.2, -0.15) is 5.26 Å². The molecule has 0 aromatic heterocycles. The van der Waals surface area contributed by atoms with Crippen molar-refractivity contribution in [3.63, 3.8) is 0 Å². The molecule has 0 spiro atoms. The van der Waals surface area contributed by atoms with Gasteiger partial charge in [0, 0.05) is 59.3 Å². The maximum absolute atomic E-state index is 13.7. The quantitative estimate of drug-likeness (QED) is 0.433. The number of fused-ring (bicyclic) bond motifs is 1. The van der Waals surface area contributed by atoms with E-state index in [2.05, 4.69) is 48.3 Å². The SMILES string of the molecule is CC1(C)CSc2ccc(CC(NC3=C(C#N)C4=C(CCN(Cc5cccc(F)c5)C4)SC3)=C3CC3)cc21. The Hall–Kier alpha value is -2.46. The van der Waals surface area contributed by atoms with Crippen LogP contribution in [0.4, 0.5) is 4.39 Å². The van der Waals surface area contributed by atoms with Gasteiger partial charge in [-0.05, 0) is 70.2 Å². The van der Waals surface area contributed by atoms with Crippen molar-refractivity contribution in [3.8, 4) is 6.07 Å². The molecule has 0 unspecified atom stereocenters. The van der Waals surface area contributed by atoms with Crippen molar-refractivity contribution in [2.75, 3.05) is 24.6 Å². The molecular weight excluding hydrogens is 497 g/mol. The lowest BCUT2D eigenvalue weighted by atomic mass is 9.86. The summed E-state index contributed by atoms with van der Waals surface area (Å²) in [5.74, 6) is 1.76. The van der Waals surface area contributed by atoms with E-state index in [9.17, 15) is 9.65 Å². The van der Waals surface area contributed by atoms with Crippen molar-refractivity contribution in [3.05, 3.63) is 98.0 Å². The summed E-state index contributed by atoms with van der Waals surface area (Å²) in [4.78, 5) is 5.09. The highest BCUT2D eigenvalue weighted by Gasteiger charge is 2.32. The number of nitriles is 1. The molecule has 3 heterocycles. The van der Waals surface area contributed by atoms with E-state index < -0.39 is 0 Å². The van der Waals surface area contributed by atoms with Gasteiger partial charge in [-0.25, -0.2) is 4.39 Å². The monoisotopic (exact) mass is 529 g/mol. The summed E-state index contributed by atoms with van der Waals surface area (Å²) in [5, 5.41) is 14.0. The molecule has 0 saturated heterocycles. The average molecular weight is 530 g/mol. The third kappa shape index (κ3) is 5.27. The molecule has 0 atom stereocenters. The maximum atomic E-state index is 13.7. The first-order chi connectivity index (χ1) is 17.9. The van der Waals surface area contributed by atoms with Crippen molar-refractivity contribution >= 4 is 23.5 Å². The van der Waals surface area contributed by atoms with Crippen LogP contribution in [-0.2, 0) is 18.4 Å². The predicted molar refractivity (Wildman–Crippen MR) is 152 cm³/mol. The molecule has 1 fully saturated rings. The van der Waals surface area contributed by atoms with Gasteiger partial charge in [0.05, 0.1) is 5.57 Å². The molecule has 2 aromatic rings. The van der Waals surface area contributed by atoms with Gasteiger partial charge in [-0.3, -0.25) is 4.90 Å². The summed E-state index contributed by atoms with van der Waals surface area (Å²) in [5.41, 5.74) is 9.78. The maximum Gasteiger partial charge on any atom is 0.123 e. The number of halogens is 1. The van der Waals surface area contributed by atoms with Crippen LogP contribution >= 0.6 is 23.5 Å². The third-order valence-electron chi connectivity index (χ3n) is 7.75. The Kier molecular flexibility index (Phi) is 6.73. The minimum absolute atomic E-state index is 0.196. The first-order valence-electron chi connectivity index (χ1n) is 13.1. The summed E-state index contributed by atoms with van der Waals surface area (Å²) < 4.78 is 13.7. The number of hydrogen-bond acceptors (Lipinski definition) is 5. The van der Waals surface area contributed by atoms with Crippen molar-refractivity contribution in [2.24, 2.45) is 0 Å². The Balaban J connectivity index is 1.22. The molecule has 4 aliphatic rings. The predicted octanol–water partition coefficient (Wildman–Crippen LogP) is 7.07. The number of nitrogens with one attached hydrogen (secondary N) is 1. The summed E-state index contributed by atoms with van der Waals surface area (Å²) in [6.45, 7) is 7.04. The van der Waals surface area contributed by atoms with Gasteiger partial charge in [-0.15, -0.1) is 23.5 Å². The molecule has 1 aliphatic carbocycles. The topological polar surface area (TPSA) is 39.1 Å². The molecule has 0 radical (unpaired) electrons. The van der Waals surface area contributed by atoms with Crippen LogP contribution in [0.15, 0.2) is 80.4 Å². The van der Waals surface area contributed by atoms with E-state index in [1.54, 1.807) is 12.1 Å². The zero-order valence-corrected chi connectivity index (χ0v) is 23.1. The van der Waals surface area contributed by atoms with Gasteiger partial charge in [0.25, 0.3) is 0 Å². The molecule has 0 amide bonds. The number of hydrogen-bond donors (Lipinski definition) is 1. The molecule has 6 rings (SSSR count). The normalized spacial score (nSPS) is 20.4. The first-order valence-corrected chi connectivity index (χ1v) is 15.1. The second-order valence-corrected chi connectivity index (χ2v) is 13.2. The largest absolute Gasteiger partial charge is 0.360 e. The fourth-order valence-corrected chi connectivity index (χ4v) is 7.98. The Morgan fingerprint density at radius 1 is 1.11 bits per heavy atom. The summed E-state index contributed by atoms with van der Waals surface area (Å²) in [6.07, 6.45) is 4.12. The summed E-state index contributed by atoms with van der Waals surface area (Å²) in [6, 6.07) is 16.4. The number of allylic oxidation sites excluding steroid dienone is 2. The van der Waals surface area contributed by atoms with Crippen LogP contribution in [0.1, 0.15) is 49.8 Å². The molecule has 0 bridgehead atoms. The Morgan fingerprint density at radius 3 is 2.76 bits per heavy atom. The molecule has 1 N–H and O–H groups in total. The van der Waals surface area contributed by atoms with Crippen LogP contribution in [0.5, 0.6) is 0 Å². The fraction of sp³-hybridized carbons (Fsp3) is 0.387. The van der Waals surface area contributed by atoms with E-state index in [0.29, 0.717) is 6.54 Å². The highest BCUT2D eigenvalue weighted by molar-refractivity contribution is 8.03. The van der Waals surface area contributed by atoms with Gasteiger partial charge in [0.15, 0.2) is 0 Å². The van der Waals surface area contributed by atoms with Gasteiger partial charge in [0.1, 0.15) is 11.9 Å². The van der Waals surface area contributed by atoms with Gasteiger partial charge >= 0.3 is 0 Å². The number of thioether (sulfide) groups is 2. The zero-order chi connectivity index (χ0) is 25.6. The van der Waals surface area contributed by atoms with Crippen LogP contribution in [0.2, 0.25) is 0 Å². The zero-order valence-electron chi connectivity index (χ0n) is 21.5. The van der Waals surface area contributed by atoms with Crippen molar-refractivity contribution < 1.29 is 4.39 Å². The van der Waals surface area contributed by atoms with Crippen molar-refractivity contribution in [1.82, 2.24) is 10.2 Å². The molecule has 190 valence electrons. The van der Waals surface area contributed by atoms with Gasteiger partial charge in [-0.1, -0.05) is 38.1 Å². The molecule has 3 aliphatic heterocycles. The lowest BCUT2D eigenvalue weighted by Crippen LogP contribution is -2.34. The van der Waals surface area contributed by atoms with E-state index in [4.69, 9.17) is 0 Å². The Labute approximate surface area is 227 Å². The lowest BCUT2D eigenvalue weighted by molar-refractivity contribution is 0.282. The third-order valence-corrected chi connectivity index (χ3v) is 10.5. The highest BCUT2D eigenvalue weighted by atomic mass is 32.2. The average Bonchev–Trinajstić information content (AvgIpc) is 3.68. The molecule has 6 heteroatoms. The summed E-state index contributed by atoms with van der Waals surface area (Å²) in [7, 11) is 0. The minimum atomic E-state index is -0.196. The number of nitrogens with zero attached hydrogens (tertiary/aromatic N) is 2. The molecular formula is C31H32FN3S2. The minimum Gasteiger partial charge on any atom is -0.360 e. The second kappa shape index (κ2) is 10.0. The molecule has 37 heavy (non-hydrogen) atoms. The lowest BCUT2D eigenvalue weighted by Gasteiger charge is -2.34. The second-order valence-electron chi connectivity index (χ2n) is 11.1. The first kappa shape index (κ1) is 24.9. The van der Waals surface area contributed by atoms with E-state index in [0.717, 1.165) is 72.7 Å². The van der Waals surface area contributed by atoms with E-state index >= 15 is 0 Å². The Bertz CT molecular complexity index is 1390. The molecule has 1 saturated carbocycles. The van der Waals surface area contributed by atoms with Gasteiger partial charge in [0.2, 0.25) is 0 Å². The van der Waals surface area contributed by atoms with Crippen molar-refractivity contribution in [2.45, 2.75) is 56.4 Å². The van der Waals surface area contributed by atoms with E-state index in [1.165, 1.54) is 38.3 Å². The summed E-state index contributed by atoms with van der Waals surface area (Å²) >= 11 is 3.84. The Morgan fingerprint density at radius 2 is 1.97 bits per heavy atom. The van der Waals surface area contributed by atoms with E-state index in [1.807, 2.05) is 29.6 Å². The van der Waals surface area contributed by atoms with Crippen LogP contribution in [0.25, 0.3) is 0 Å². The number of benzene rings is 2. The van der Waals surface area contributed by atoms with Crippen LogP contribution in [-0.4, -0.2) is 29.5 Å². The van der Waals surface area contributed by atoms with Crippen LogP contribution in [0.3, 0.4) is 0 Å². The fourth-order valence-electron chi connectivity index (χ4n) is 5.54. The smallest absolute Gasteiger partial charge is 0.123 e. The standard InChI is InChI=1S/C31H32FN3S2/c1-31(2)19-37-30-9-6-20(13-26(30)31)14-27(22-7-8-22)34-28-18-36-29-10-11-35(17-25(29)24(28)15-33)16-21-4-3-5-23(32)12-21/h3-6,9,12-13,34H,7-8,10-11,14,16-19H2,1-2H3. The van der Waals surface area contributed by atoms with Crippen molar-refractivity contribution in [1.29, 1.82) is 5.26 Å². The van der Waals surface area contributed by atoms with Crippen LogP contribution in [0, 0.1) is 17.1 Å². The van der Waals surface area contributed by atoms with E-state index in [-0.39, 0.29) is 11.2 Å². The molecule has 3 nitrogen and oxygen atoms in total.